The van der Waals surface area contributed by atoms with Crippen LogP contribution in [0.1, 0.15) is 43.0 Å². The lowest BCUT2D eigenvalue weighted by Gasteiger charge is -2.19. The van der Waals surface area contributed by atoms with Crippen LogP contribution in [0.3, 0.4) is 0 Å². The first-order valence-electron chi connectivity index (χ1n) is 9.37. The molecule has 0 radical (unpaired) electrons. The molecule has 1 aliphatic heterocycles. The lowest BCUT2D eigenvalue weighted by Crippen LogP contribution is -2.37. The number of nitrogens with zero attached hydrogens (tertiary/aromatic N) is 2. The monoisotopic (exact) mass is 400 g/mol. The average molecular weight is 401 g/mol. The van der Waals surface area contributed by atoms with E-state index >= 15 is 0 Å². The molecule has 7 heteroatoms. The van der Waals surface area contributed by atoms with E-state index in [1.165, 1.54) is 11.1 Å². The van der Waals surface area contributed by atoms with Crippen LogP contribution in [0.15, 0.2) is 53.6 Å². The van der Waals surface area contributed by atoms with E-state index < -0.39 is 14.6 Å². The van der Waals surface area contributed by atoms with E-state index in [9.17, 15) is 8.42 Å². The van der Waals surface area contributed by atoms with E-state index in [4.69, 9.17) is 0 Å². The molecule has 0 unspecified atom stereocenters. The lowest BCUT2D eigenvalue weighted by atomic mass is 10.0. The van der Waals surface area contributed by atoms with Gasteiger partial charge < -0.3 is 0 Å². The fourth-order valence-corrected chi connectivity index (χ4v) is 3.95. The topological polar surface area (TPSA) is 73.8 Å². The van der Waals surface area contributed by atoms with Crippen molar-refractivity contribution < 1.29 is 8.42 Å². The molecule has 0 bridgehead atoms. The Morgan fingerprint density at radius 1 is 0.893 bits per heavy atom. The maximum absolute atomic E-state index is 12.3. The second-order valence-electron chi connectivity index (χ2n) is 8.10. The van der Waals surface area contributed by atoms with Crippen LogP contribution in [-0.4, -0.2) is 31.1 Å². The molecule has 0 saturated heterocycles. The first kappa shape index (κ1) is 20.4. The van der Waals surface area contributed by atoms with Crippen LogP contribution in [0.5, 0.6) is 0 Å². The van der Waals surface area contributed by atoms with E-state index in [1.54, 1.807) is 20.8 Å². The van der Waals surface area contributed by atoms with Crippen molar-refractivity contribution in [2.45, 2.75) is 44.1 Å². The number of benzene rings is 2. The molecular formula is C21H28N4O2S. The minimum atomic E-state index is -3.16. The predicted molar refractivity (Wildman–Crippen MR) is 113 cm³/mol. The van der Waals surface area contributed by atoms with Crippen molar-refractivity contribution in [3.05, 3.63) is 70.8 Å². The van der Waals surface area contributed by atoms with Gasteiger partial charge in [-0.3, -0.25) is 5.01 Å². The first-order valence-corrected chi connectivity index (χ1v) is 11.0. The number of nitrogens with one attached hydrogen (secondary N) is 2. The molecule has 0 fully saturated rings. The summed E-state index contributed by atoms with van der Waals surface area (Å²) in [6.07, 6.45) is 1.84. The number of hydrogen-bond acceptors (Lipinski definition) is 6. The second-order valence-corrected chi connectivity index (χ2v) is 10.8. The Balaban J connectivity index is 1.58. The molecule has 3 rings (SSSR count). The van der Waals surface area contributed by atoms with Crippen molar-refractivity contribution in [3.63, 3.8) is 0 Å². The fourth-order valence-electron chi connectivity index (χ4n) is 2.89. The van der Waals surface area contributed by atoms with E-state index in [1.807, 2.05) is 36.3 Å². The van der Waals surface area contributed by atoms with Gasteiger partial charge in [0.1, 0.15) is 0 Å². The van der Waals surface area contributed by atoms with Gasteiger partial charge in [0.15, 0.2) is 15.7 Å². The number of hydrogen-bond donors (Lipinski definition) is 2. The van der Waals surface area contributed by atoms with E-state index in [-0.39, 0.29) is 5.75 Å². The Kier molecular flexibility index (Phi) is 5.76. The van der Waals surface area contributed by atoms with Crippen LogP contribution in [0, 0.1) is 0 Å². The van der Waals surface area contributed by atoms with E-state index in [0.717, 1.165) is 29.8 Å². The van der Waals surface area contributed by atoms with Gasteiger partial charge in [0, 0.05) is 12.6 Å². The minimum absolute atomic E-state index is 0.0836. The zero-order valence-electron chi connectivity index (χ0n) is 16.9. The molecule has 0 aromatic heterocycles. The third kappa shape index (κ3) is 4.72. The quantitative estimate of drug-likeness (QED) is 0.780. The van der Waals surface area contributed by atoms with Crippen LogP contribution in [0.25, 0.3) is 0 Å². The highest BCUT2D eigenvalue weighted by atomic mass is 32.2. The van der Waals surface area contributed by atoms with Crippen LogP contribution in [0.2, 0.25) is 0 Å². The van der Waals surface area contributed by atoms with Gasteiger partial charge in [0.05, 0.1) is 10.5 Å². The van der Waals surface area contributed by atoms with Crippen LogP contribution in [0.4, 0.5) is 0 Å². The van der Waals surface area contributed by atoms with Crippen LogP contribution >= 0.6 is 0 Å². The van der Waals surface area contributed by atoms with Crippen molar-refractivity contribution in [2.75, 3.05) is 7.05 Å². The number of hydrazine groups is 2. The third-order valence-corrected chi connectivity index (χ3v) is 7.50. The van der Waals surface area contributed by atoms with E-state index in [0.29, 0.717) is 0 Å². The van der Waals surface area contributed by atoms with Gasteiger partial charge in [-0.05, 0) is 50.3 Å². The highest BCUT2D eigenvalue weighted by Crippen LogP contribution is 2.21. The summed E-state index contributed by atoms with van der Waals surface area (Å²) in [6.45, 7) is 5.23. The number of hydrazone groups is 1. The van der Waals surface area contributed by atoms with Gasteiger partial charge in [-0.1, -0.05) is 48.5 Å². The van der Waals surface area contributed by atoms with Gasteiger partial charge in [-0.15, -0.1) is 10.6 Å². The summed E-state index contributed by atoms with van der Waals surface area (Å²) in [7, 11) is -1.25. The van der Waals surface area contributed by atoms with Crippen molar-refractivity contribution in [1.82, 2.24) is 16.1 Å². The molecule has 2 aromatic rings. The van der Waals surface area contributed by atoms with Crippen LogP contribution in [-0.2, 0) is 28.4 Å². The Morgan fingerprint density at radius 3 is 1.86 bits per heavy atom. The summed E-state index contributed by atoms with van der Waals surface area (Å²) in [6, 6.07) is 16.3. The fraction of sp³-hybridized carbons (Fsp3) is 0.381. The molecule has 0 amide bonds. The minimum Gasteiger partial charge on any atom is -0.274 e. The zero-order chi connectivity index (χ0) is 20.4. The lowest BCUT2D eigenvalue weighted by molar-refractivity contribution is 0.349. The highest BCUT2D eigenvalue weighted by Gasteiger charge is 2.28. The molecule has 2 N–H and O–H groups in total. The molecule has 0 aliphatic carbocycles. The molecule has 1 aliphatic rings. The molecule has 6 nitrogen and oxygen atoms in total. The summed E-state index contributed by atoms with van der Waals surface area (Å²) in [4.78, 5) is 0. The third-order valence-electron chi connectivity index (χ3n) is 4.92. The Hall–Kier alpha value is -2.38. The van der Waals surface area contributed by atoms with E-state index in [2.05, 4.69) is 40.4 Å². The summed E-state index contributed by atoms with van der Waals surface area (Å²) >= 11 is 0. The highest BCUT2D eigenvalue weighted by molar-refractivity contribution is 7.91. The Bertz CT molecular complexity index is 943. The molecular weight excluding hydrogens is 372 g/mol. The largest absolute Gasteiger partial charge is 0.274 e. The van der Waals surface area contributed by atoms with Crippen molar-refractivity contribution in [3.8, 4) is 0 Å². The maximum Gasteiger partial charge on any atom is 0.172 e. The first-order chi connectivity index (χ1) is 13.2. The normalized spacial score (nSPS) is 14.7. The van der Waals surface area contributed by atoms with Gasteiger partial charge in [0.25, 0.3) is 0 Å². The average Bonchev–Trinajstić information content (AvgIpc) is 3.06. The van der Waals surface area contributed by atoms with Crippen molar-refractivity contribution in [2.24, 2.45) is 5.10 Å². The second kappa shape index (κ2) is 7.93. The number of sulfone groups is 1. The van der Waals surface area contributed by atoms with Gasteiger partial charge in [-0.2, -0.15) is 0 Å². The molecule has 0 spiro atoms. The summed E-state index contributed by atoms with van der Waals surface area (Å²) in [5, 5.41) is 6.03. The number of aryl methyl sites for hydroxylation is 2. The summed E-state index contributed by atoms with van der Waals surface area (Å²) in [5.74, 6) is 0.938. The number of amidine groups is 1. The van der Waals surface area contributed by atoms with Crippen molar-refractivity contribution in [1.29, 1.82) is 0 Å². The SMILES string of the molecule is CN1NNN=C1c1ccc(CCc2ccc(CS(=O)(=O)C(C)(C)C)cc2)cc1. The summed E-state index contributed by atoms with van der Waals surface area (Å²) in [5.41, 5.74) is 9.98. The Labute approximate surface area is 167 Å². The predicted octanol–water partition coefficient (Wildman–Crippen LogP) is 2.80. The molecule has 2 aromatic carbocycles. The van der Waals surface area contributed by atoms with Crippen molar-refractivity contribution >= 4 is 15.7 Å². The smallest absolute Gasteiger partial charge is 0.172 e. The molecule has 150 valence electrons. The van der Waals surface area contributed by atoms with Crippen LogP contribution < -0.4 is 11.1 Å². The maximum atomic E-state index is 12.3. The van der Waals surface area contributed by atoms with Gasteiger partial charge in [0.2, 0.25) is 0 Å². The molecule has 0 saturated carbocycles. The zero-order valence-corrected chi connectivity index (χ0v) is 17.7. The molecule has 0 atom stereocenters. The standard InChI is InChI=1S/C21H28N4O2S/c1-21(2,3)28(26,27)15-18-9-7-16(8-10-18)5-6-17-11-13-19(14-12-17)20-22-23-24-25(20)4/h7-14,23-24H,5-6,15H2,1-4H3. The van der Waals surface area contributed by atoms with Gasteiger partial charge >= 0.3 is 0 Å². The molecule has 1 heterocycles. The van der Waals surface area contributed by atoms with Gasteiger partial charge in [-0.25, -0.2) is 14.0 Å². The number of rotatable bonds is 6. The Morgan fingerprint density at radius 2 is 1.39 bits per heavy atom. The molecule has 28 heavy (non-hydrogen) atoms. The summed E-state index contributed by atoms with van der Waals surface area (Å²) < 4.78 is 23.9.